The predicted molar refractivity (Wildman–Crippen MR) is 80.2 cm³/mol. The quantitative estimate of drug-likeness (QED) is 0.791. The minimum atomic E-state index is 0.908. The summed E-state index contributed by atoms with van der Waals surface area (Å²) in [4.78, 5) is 5.78. The monoisotopic (exact) mass is 327 g/mol. The summed E-state index contributed by atoms with van der Waals surface area (Å²) in [6, 6.07) is 4.24. The van der Waals surface area contributed by atoms with E-state index in [9.17, 15) is 0 Å². The van der Waals surface area contributed by atoms with Gasteiger partial charge in [0.2, 0.25) is 0 Å². The van der Waals surface area contributed by atoms with Gasteiger partial charge in [-0.2, -0.15) is 0 Å². The van der Waals surface area contributed by atoms with Crippen LogP contribution in [0, 0.1) is 0 Å². The lowest BCUT2D eigenvalue weighted by molar-refractivity contribution is 0.666. The molecule has 0 fully saturated rings. The van der Waals surface area contributed by atoms with Gasteiger partial charge in [0, 0.05) is 24.0 Å². The van der Waals surface area contributed by atoms with Crippen molar-refractivity contribution in [3.05, 3.63) is 39.0 Å². The van der Waals surface area contributed by atoms with Crippen molar-refractivity contribution in [1.29, 1.82) is 0 Å². The number of nitrogens with zero attached hydrogens (tertiary/aromatic N) is 2. The van der Waals surface area contributed by atoms with Gasteiger partial charge in [0.1, 0.15) is 0 Å². The first-order valence-corrected chi connectivity index (χ1v) is 7.84. The maximum Gasteiger partial charge on any atom is 0.0952 e. The summed E-state index contributed by atoms with van der Waals surface area (Å²) in [5.41, 5.74) is 1.16. The fraction of sp³-hybridized carbons (Fsp3) is 0.462. The van der Waals surface area contributed by atoms with Crippen LogP contribution in [-0.2, 0) is 13.0 Å². The Kier molecular flexibility index (Phi) is 5.41. The minimum absolute atomic E-state index is 0.908. The Morgan fingerprint density at radius 2 is 2.28 bits per heavy atom. The molecule has 1 N–H and O–H groups in total. The molecule has 5 heteroatoms. The topological polar surface area (TPSA) is 29.9 Å². The second-order valence-corrected chi connectivity index (χ2v) is 6.79. The largest absolute Gasteiger partial charge is 0.332 e. The summed E-state index contributed by atoms with van der Waals surface area (Å²) in [5.74, 6) is 0. The SMILES string of the molecule is CCCNCCc1cn(Cc2ccc(Br)s2)cn1. The normalized spacial score (nSPS) is 11.0. The van der Waals surface area contributed by atoms with E-state index < -0.39 is 0 Å². The molecule has 0 saturated carbocycles. The molecule has 0 aliphatic heterocycles. The number of halogens is 1. The van der Waals surface area contributed by atoms with Gasteiger partial charge in [-0.15, -0.1) is 11.3 Å². The molecule has 18 heavy (non-hydrogen) atoms. The van der Waals surface area contributed by atoms with Gasteiger partial charge in [0.25, 0.3) is 0 Å². The average Bonchev–Trinajstić information content (AvgIpc) is 2.95. The number of aromatic nitrogens is 2. The van der Waals surface area contributed by atoms with Crippen LogP contribution in [0.2, 0.25) is 0 Å². The van der Waals surface area contributed by atoms with E-state index in [2.05, 4.69) is 56.1 Å². The summed E-state index contributed by atoms with van der Waals surface area (Å²) in [5, 5.41) is 3.39. The van der Waals surface area contributed by atoms with Gasteiger partial charge in [0.15, 0.2) is 0 Å². The summed E-state index contributed by atoms with van der Waals surface area (Å²) in [7, 11) is 0. The highest BCUT2D eigenvalue weighted by atomic mass is 79.9. The Balaban J connectivity index is 1.82. The van der Waals surface area contributed by atoms with Crippen molar-refractivity contribution in [2.45, 2.75) is 26.3 Å². The Morgan fingerprint density at radius 3 is 3.00 bits per heavy atom. The van der Waals surface area contributed by atoms with Gasteiger partial charge in [-0.1, -0.05) is 6.92 Å². The third kappa shape index (κ3) is 4.23. The fourth-order valence-electron chi connectivity index (χ4n) is 1.76. The Bertz CT molecular complexity index is 478. The molecular formula is C13H18BrN3S. The smallest absolute Gasteiger partial charge is 0.0952 e. The summed E-state index contributed by atoms with van der Waals surface area (Å²) in [6.07, 6.45) is 6.24. The van der Waals surface area contributed by atoms with Crippen LogP contribution in [-0.4, -0.2) is 22.6 Å². The minimum Gasteiger partial charge on any atom is -0.332 e. The Labute approximate surface area is 120 Å². The maximum absolute atomic E-state index is 4.43. The standard InChI is InChI=1S/C13H18BrN3S/c1-2-6-15-7-5-11-8-17(10-16-11)9-12-3-4-13(14)18-12/h3-4,8,10,15H,2,5-7,9H2,1H3. The van der Waals surface area contributed by atoms with Crippen molar-refractivity contribution in [2.75, 3.05) is 13.1 Å². The van der Waals surface area contributed by atoms with Crippen LogP contribution >= 0.6 is 27.3 Å². The first kappa shape index (κ1) is 13.8. The van der Waals surface area contributed by atoms with E-state index >= 15 is 0 Å². The second kappa shape index (κ2) is 7.07. The van der Waals surface area contributed by atoms with Crippen LogP contribution < -0.4 is 5.32 Å². The van der Waals surface area contributed by atoms with Crippen LogP contribution in [0.4, 0.5) is 0 Å². The zero-order valence-corrected chi connectivity index (χ0v) is 12.9. The molecule has 0 aromatic carbocycles. The molecule has 0 radical (unpaired) electrons. The van der Waals surface area contributed by atoms with Gasteiger partial charge < -0.3 is 9.88 Å². The molecule has 2 heterocycles. The molecule has 0 unspecified atom stereocenters. The zero-order valence-electron chi connectivity index (χ0n) is 10.5. The molecule has 0 atom stereocenters. The van der Waals surface area contributed by atoms with Crippen molar-refractivity contribution in [3.8, 4) is 0 Å². The van der Waals surface area contributed by atoms with Crippen molar-refractivity contribution < 1.29 is 0 Å². The molecule has 0 saturated heterocycles. The lowest BCUT2D eigenvalue weighted by Crippen LogP contribution is -2.17. The van der Waals surface area contributed by atoms with Gasteiger partial charge >= 0.3 is 0 Å². The lowest BCUT2D eigenvalue weighted by Gasteiger charge is -2.00. The van der Waals surface area contributed by atoms with Crippen LogP contribution in [0.25, 0.3) is 0 Å². The van der Waals surface area contributed by atoms with Crippen LogP contribution in [0.1, 0.15) is 23.9 Å². The van der Waals surface area contributed by atoms with E-state index in [0.29, 0.717) is 0 Å². The fourth-order valence-corrected chi connectivity index (χ4v) is 3.25. The van der Waals surface area contributed by atoms with Crippen LogP contribution in [0.5, 0.6) is 0 Å². The first-order chi connectivity index (χ1) is 8.78. The molecule has 0 aliphatic carbocycles. The Hall–Kier alpha value is -0.650. The van der Waals surface area contributed by atoms with Crippen molar-refractivity contribution in [2.24, 2.45) is 0 Å². The van der Waals surface area contributed by atoms with E-state index in [0.717, 1.165) is 31.7 Å². The maximum atomic E-state index is 4.43. The van der Waals surface area contributed by atoms with Crippen LogP contribution in [0.15, 0.2) is 28.4 Å². The molecule has 98 valence electrons. The summed E-state index contributed by atoms with van der Waals surface area (Å²) < 4.78 is 3.33. The van der Waals surface area contributed by atoms with Crippen molar-refractivity contribution >= 4 is 27.3 Å². The van der Waals surface area contributed by atoms with Crippen molar-refractivity contribution in [3.63, 3.8) is 0 Å². The van der Waals surface area contributed by atoms with E-state index in [1.54, 1.807) is 11.3 Å². The molecule has 2 aromatic heterocycles. The highest BCUT2D eigenvalue weighted by Gasteiger charge is 2.01. The number of rotatable bonds is 7. The highest BCUT2D eigenvalue weighted by molar-refractivity contribution is 9.11. The van der Waals surface area contributed by atoms with Gasteiger partial charge in [-0.25, -0.2) is 4.98 Å². The predicted octanol–water partition coefficient (Wildman–Crippen LogP) is 3.30. The third-order valence-corrected chi connectivity index (χ3v) is 4.25. The van der Waals surface area contributed by atoms with Crippen LogP contribution in [0.3, 0.4) is 0 Å². The zero-order chi connectivity index (χ0) is 12.8. The number of hydrogen-bond acceptors (Lipinski definition) is 3. The average molecular weight is 328 g/mol. The van der Waals surface area contributed by atoms with Gasteiger partial charge in [-0.3, -0.25) is 0 Å². The van der Waals surface area contributed by atoms with Gasteiger partial charge in [0.05, 0.1) is 22.4 Å². The van der Waals surface area contributed by atoms with E-state index in [1.165, 1.54) is 15.1 Å². The molecular weight excluding hydrogens is 310 g/mol. The first-order valence-electron chi connectivity index (χ1n) is 6.23. The molecule has 0 aliphatic rings. The highest BCUT2D eigenvalue weighted by Crippen LogP contribution is 2.22. The number of hydrogen-bond donors (Lipinski definition) is 1. The second-order valence-electron chi connectivity index (χ2n) is 4.24. The lowest BCUT2D eigenvalue weighted by atomic mass is 10.3. The molecule has 3 nitrogen and oxygen atoms in total. The molecule has 0 amide bonds. The third-order valence-electron chi connectivity index (χ3n) is 2.64. The van der Waals surface area contributed by atoms with E-state index in [-0.39, 0.29) is 0 Å². The summed E-state index contributed by atoms with van der Waals surface area (Å²) in [6.45, 7) is 5.19. The van der Waals surface area contributed by atoms with Crippen molar-refractivity contribution in [1.82, 2.24) is 14.9 Å². The van der Waals surface area contributed by atoms with E-state index in [4.69, 9.17) is 0 Å². The molecule has 2 aromatic rings. The summed E-state index contributed by atoms with van der Waals surface area (Å²) >= 11 is 5.26. The van der Waals surface area contributed by atoms with E-state index in [1.807, 2.05) is 6.33 Å². The molecule has 2 rings (SSSR count). The number of nitrogens with one attached hydrogen (secondary N) is 1. The molecule has 0 bridgehead atoms. The Morgan fingerprint density at radius 1 is 1.39 bits per heavy atom. The molecule has 0 spiro atoms. The number of imidazole rings is 1. The van der Waals surface area contributed by atoms with Gasteiger partial charge in [-0.05, 0) is 41.0 Å². The number of thiophene rings is 1.